The lowest BCUT2D eigenvalue weighted by molar-refractivity contribution is 0.237. The lowest BCUT2D eigenvalue weighted by Crippen LogP contribution is -2.43. The molecule has 4 heteroatoms. The van der Waals surface area contributed by atoms with Crippen molar-refractivity contribution in [3.8, 4) is 0 Å². The number of hydrazine groups is 1. The maximum atomic E-state index is 10.6. The minimum absolute atomic E-state index is 0.139. The van der Waals surface area contributed by atoms with Crippen molar-refractivity contribution in [3.05, 3.63) is 0 Å². The zero-order valence-corrected chi connectivity index (χ0v) is 5.40. The van der Waals surface area contributed by atoms with Crippen LogP contribution < -0.4 is 16.2 Å². The van der Waals surface area contributed by atoms with Crippen molar-refractivity contribution in [1.29, 1.82) is 0 Å². The topological polar surface area (TPSA) is 53.2 Å². The van der Waals surface area contributed by atoms with Gasteiger partial charge in [0, 0.05) is 13.1 Å². The fraction of sp³-hybridized carbons (Fsp3) is 0.800. The minimum atomic E-state index is -0.139. The predicted octanol–water partition coefficient (Wildman–Crippen LogP) is -0.418. The largest absolute Gasteiger partial charge is 0.334 e. The third-order valence-corrected chi connectivity index (χ3v) is 1.15. The van der Waals surface area contributed by atoms with E-state index in [1.165, 1.54) is 0 Å². The second kappa shape index (κ2) is 2.68. The highest BCUT2D eigenvalue weighted by Gasteiger charge is 2.22. The van der Waals surface area contributed by atoms with Crippen LogP contribution in [0.25, 0.3) is 0 Å². The predicted molar refractivity (Wildman–Crippen MR) is 33.7 cm³/mol. The molecule has 0 aromatic rings. The van der Waals surface area contributed by atoms with Gasteiger partial charge in [-0.15, -0.1) is 0 Å². The van der Waals surface area contributed by atoms with Gasteiger partial charge in [-0.25, -0.2) is 10.2 Å². The highest BCUT2D eigenvalue weighted by Crippen LogP contribution is 2.17. The number of nitrogens with one attached hydrogen (secondary N) is 3. The Bertz CT molecular complexity index is 111. The van der Waals surface area contributed by atoms with E-state index in [2.05, 4.69) is 16.2 Å². The Hall–Kier alpha value is -0.770. The molecule has 0 saturated heterocycles. The Morgan fingerprint density at radius 1 is 1.56 bits per heavy atom. The molecule has 0 aliphatic heterocycles. The van der Waals surface area contributed by atoms with E-state index in [4.69, 9.17) is 0 Å². The molecule has 0 aromatic heterocycles. The van der Waals surface area contributed by atoms with Gasteiger partial charge in [0.2, 0.25) is 0 Å². The third-order valence-electron chi connectivity index (χ3n) is 1.15. The van der Waals surface area contributed by atoms with Crippen LogP contribution in [0.5, 0.6) is 0 Å². The number of urea groups is 1. The second-order valence-corrected chi connectivity index (χ2v) is 2.12. The SMILES string of the molecule is CNNC(=O)NC1CC1. The molecule has 0 bridgehead atoms. The van der Waals surface area contributed by atoms with Crippen LogP contribution >= 0.6 is 0 Å². The highest BCUT2D eigenvalue weighted by atomic mass is 16.2. The van der Waals surface area contributed by atoms with Crippen molar-refractivity contribution in [1.82, 2.24) is 16.2 Å². The summed E-state index contributed by atoms with van der Waals surface area (Å²) in [5, 5.41) is 2.74. The van der Waals surface area contributed by atoms with Gasteiger partial charge in [0.1, 0.15) is 0 Å². The Balaban J connectivity index is 2.02. The number of carbonyl (C=O) groups is 1. The summed E-state index contributed by atoms with van der Waals surface area (Å²) in [4.78, 5) is 10.6. The molecule has 4 nitrogen and oxygen atoms in total. The molecular weight excluding hydrogens is 118 g/mol. The summed E-state index contributed by atoms with van der Waals surface area (Å²) >= 11 is 0. The molecule has 1 fully saturated rings. The van der Waals surface area contributed by atoms with E-state index >= 15 is 0 Å². The van der Waals surface area contributed by atoms with E-state index in [1.807, 2.05) is 0 Å². The van der Waals surface area contributed by atoms with Crippen molar-refractivity contribution in [2.45, 2.75) is 18.9 Å². The lowest BCUT2D eigenvalue weighted by atomic mass is 10.7. The van der Waals surface area contributed by atoms with E-state index in [1.54, 1.807) is 7.05 Å². The summed E-state index contributed by atoms with van der Waals surface area (Å²) in [6, 6.07) is 0.290. The number of hydrogen-bond donors (Lipinski definition) is 3. The van der Waals surface area contributed by atoms with Crippen LogP contribution in [0.15, 0.2) is 0 Å². The Morgan fingerprint density at radius 2 is 2.22 bits per heavy atom. The first kappa shape index (κ1) is 6.35. The molecule has 0 heterocycles. The summed E-state index contributed by atoms with van der Waals surface area (Å²) in [5.41, 5.74) is 4.96. The molecule has 1 aliphatic carbocycles. The molecule has 0 atom stereocenters. The molecule has 0 aromatic carbocycles. The smallest absolute Gasteiger partial charge is 0.329 e. The fourth-order valence-corrected chi connectivity index (χ4v) is 0.563. The van der Waals surface area contributed by atoms with E-state index in [0.717, 1.165) is 12.8 Å². The lowest BCUT2D eigenvalue weighted by Gasteiger charge is -2.02. The summed E-state index contributed by atoms with van der Waals surface area (Å²) in [7, 11) is 1.66. The Kier molecular flexibility index (Phi) is 1.89. The number of hydrogen-bond acceptors (Lipinski definition) is 2. The van der Waals surface area contributed by atoms with E-state index < -0.39 is 0 Å². The summed E-state index contributed by atoms with van der Waals surface area (Å²) in [6.45, 7) is 0. The summed E-state index contributed by atoms with van der Waals surface area (Å²) < 4.78 is 0. The second-order valence-electron chi connectivity index (χ2n) is 2.12. The highest BCUT2D eigenvalue weighted by molar-refractivity contribution is 5.73. The first-order valence-electron chi connectivity index (χ1n) is 3.06. The van der Waals surface area contributed by atoms with Gasteiger partial charge in [0.05, 0.1) is 0 Å². The first-order valence-corrected chi connectivity index (χ1v) is 3.06. The molecule has 3 N–H and O–H groups in total. The standard InChI is InChI=1S/C5H11N3O/c1-6-8-5(9)7-4-2-3-4/h4,6H,2-3H2,1H3,(H2,7,8,9). The molecule has 9 heavy (non-hydrogen) atoms. The summed E-state index contributed by atoms with van der Waals surface area (Å²) in [6.07, 6.45) is 2.24. The van der Waals surface area contributed by atoms with Gasteiger partial charge in [-0.3, -0.25) is 5.43 Å². The third kappa shape index (κ3) is 2.32. The van der Waals surface area contributed by atoms with Gasteiger partial charge in [-0.2, -0.15) is 0 Å². The van der Waals surface area contributed by atoms with Gasteiger partial charge in [0.25, 0.3) is 0 Å². The average molecular weight is 129 g/mol. The van der Waals surface area contributed by atoms with Crippen LogP contribution in [0.3, 0.4) is 0 Å². The van der Waals surface area contributed by atoms with Gasteiger partial charge >= 0.3 is 6.03 Å². The van der Waals surface area contributed by atoms with E-state index in [0.29, 0.717) is 6.04 Å². The molecule has 2 amide bonds. The van der Waals surface area contributed by atoms with Gasteiger partial charge in [-0.1, -0.05) is 0 Å². The Morgan fingerprint density at radius 3 is 2.67 bits per heavy atom. The first-order chi connectivity index (χ1) is 4.33. The van der Waals surface area contributed by atoms with Crippen LogP contribution in [0.1, 0.15) is 12.8 Å². The molecule has 0 radical (unpaired) electrons. The zero-order valence-electron chi connectivity index (χ0n) is 5.40. The van der Waals surface area contributed by atoms with Gasteiger partial charge in [-0.05, 0) is 12.8 Å². The van der Waals surface area contributed by atoms with E-state index in [9.17, 15) is 4.79 Å². The zero-order chi connectivity index (χ0) is 6.69. The molecule has 1 saturated carbocycles. The van der Waals surface area contributed by atoms with Crippen LogP contribution in [-0.4, -0.2) is 19.1 Å². The van der Waals surface area contributed by atoms with Crippen LogP contribution in [0.2, 0.25) is 0 Å². The van der Waals surface area contributed by atoms with E-state index in [-0.39, 0.29) is 6.03 Å². The normalized spacial score (nSPS) is 17.0. The van der Waals surface area contributed by atoms with Crippen LogP contribution in [0, 0.1) is 0 Å². The fourth-order valence-electron chi connectivity index (χ4n) is 0.563. The number of amides is 2. The van der Waals surface area contributed by atoms with Crippen LogP contribution in [0.4, 0.5) is 4.79 Å². The number of carbonyl (C=O) groups excluding carboxylic acids is 1. The van der Waals surface area contributed by atoms with Crippen molar-refractivity contribution in [3.63, 3.8) is 0 Å². The molecular formula is C5H11N3O. The maximum Gasteiger partial charge on any atom is 0.329 e. The van der Waals surface area contributed by atoms with Crippen LogP contribution in [-0.2, 0) is 0 Å². The molecule has 1 aliphatic rings. The monoisotopic (exact) mass is 129 g/mol. The average Bonchev–Trinajstić information content (AvgIpc) is 2.50. The minimum Gasteiger partial charge on any atom is -0.334 e. The maximum absolute atomic E-state index is 10.6. The molecule has 52 valence electrons. The molecule has 1 rings (SSSR count). The quantitative estimate of drug-likeness (QED) is 0.444. The summed E-state index contributed by atoms with van der Waals surface area (Å²) in [5.74, 6) is 0. The van der Waals surface area contributed by atoms with Crippen molar-refractivity contribution >= 4 is 6.03 Å². The van der Waals surface area contributed by atoms with Crippen molar-refractivity contribution in [2.75, 3.05) is 7.05 Å². The Labute approximate surface area is 54.0 Å². The van der Waals surface area contributed by atoms with Crippen molar-refractivity contribution in [2.24, 2.45) is 0 Å². The van der Waals surface area contributed by atoms with Crippen molar-refractivity contribution < 1.29 is 4.79 Å². The number of rotatable bonds is 2. The molecule has 0 spiro atoms. The molecule has 0 unspecified atom stereocenters. The van der Waals surface area contributed by atoms with Gasteiger partial charge in [0.15, 0.2) is 0 Å². The van der Waals surface area contributed by atoms with Gasteiger partial charge < -0.3 is 5.32 Å².